The first kappa shape index (κ1) is 12.9. The fourth-order valence-electron chi connectivity index (χ4n) is 2.65. The average Bonchev–Trinajstić information content (AvgIpc) is 3.28. The Labute approximate surface area is 115 Å². The topological polar surface area (TPSA) is 92.5 Å². The van der Waals surface area contributed by atoms with Gasteiger partial charge in [-0.2, -0.15) is 0 Å². The Morgan fingerprint density at radius 1 is 1.30 bits per heavy atom. The monoisotopic (exact) mass is 276 g/mol. The van der Waals surface area contributed by atoms with Gasteiger partial charge in [0.2, 0.25) is 0 Å². The van der Waals surface area contributed by atoms with Gasteiger partial charge < -0.3 is 10.4 Å². The van der Waals surface area contributed by atoms with Crippen molar-refractivity contribution in [2.24, 2.45) is 11.8 Å². The number of nitrogens with one attached hydrogen (secondary N) is 1. The number of nitrogens with zero attached hydrogens (tertiary/aromatic N) is 1. The highest BCUT2D eigenvalue weighted by Crippen LogP contribution is 2.46. The first-order chi connectivity index (χ1) is 9.56. The molecular formula is C14H16N2O4. The van der Waals surface area contributed by atoms with Gasteiger partial charge in [-0.05, 0) is 49.7 Å². The highest BCUT2D eigenvalue weighted by atomic mass is 16.6. The molecule has 0 atom stereocenters. The second kappa shape index (κ2) is 4.77. The molecule has 2 aliphatic carbocycles. The van der Waals surface area contributed by atoms with Gasteiger partial charge in [-0.1, -0.05) is 0 Å². The van der Waals surface area contributed by atoms with Gasteiger partial charge in [-0.3, -0.25) is 10.1 Å². The average molecular weight is 276 g/mol. The molecule has 1 aromatic rings. The van der Waals surface area contributed by atoms with E-state index in [1.54, 1.807) is 0 Å². The number of carbonyl (C=O) groups is 1. The molecule has 0 heterocycles. The van der Waals surface area contributed by atoms with E-state index in [1.807, 2.05) is 0 Å². The lowest BCUT2D eigenvalue weighted by Crippen LogP contribution is -2.24. The number of aromatic carboxylic acids is 1. The van der Waals surface area contributed by atoms with Gasteiger partial charge in [-0.25, -0.2) is 4.79 Å². The van der Waals surface area contributed by atoms with Crippen molar-refractivity contribution in [1.82, 2.24) is 0 Å². The first-order valence-corrected chi connectivity index (χ1v) is 6.84. The van der Waals surface area contributed by atoms with E-state index in [0.29, 0.717) is 17.5 Å². The minimum Gasteiger partial charge on any atom is -0.478 e. The van der Waals surface area contributed by atoms with Crippen LogP contribution in [-0.4, -0.2) is 22.0 Å². The molecule has 6 nitrogen and oxygen atoms in total. The van der Waals surface area contributed by atoms with E-state index in [4.69, 9.17) is 5.11 Å². The maximum atomic E-state index is 11.1. The maximum Gasteiger partial charge on any atom is 0.335 e. The highest BCUT2D eigenvalue weighted by molar-refractivity contribution is 5.90. The minimum absolute atomic E-state index is 0.0544. The van der Waals surface area contributed by atoms with Crippen LogP contribution in [0.15, 0.2) is 18.2 Å². The molecule has 2 fully saturated rings. The molecule has 2 aliphatic rings. The third-order valence-electron chi connectivity index (χ3n) is 4.02. The summed E-state index contributed by atoms with van der Waals surface area (Å²) in [6.45, 7) is 0. The molecule has 0 aliphatic heterocycles. The molecule has 20 heavy (non-hydrogen) atoms. The van der Waals surface area contributed by atoms with E-state index in [-0.39, 0.29) is 17.3 Å². The Balaban J connectivity index is 1.90. The summed E-state index contributed by atoms with van der Waals surface area (Å²) in [5.74, 6) is 0.0866. The van der Waals surface area contributed by atoms with Crippen LogP contribution in [0.2, 0.25) is 0 Å². The molecule has 0 aromatic heterocycles. The molecule has 6 heteroatoms. The minimum atomic E-state index is -1.07. The largest absolute Gasteiger partial charge is 0.478 e. The van der Waals surface area contributed by atoms with Crippen LogP contribution in [0.1, 0.15) is 36.0 Å². The van der Waals surface area contributed by atoms with E-state index in [0.717, 1.165) is 25.7 Å². The van der Waals surface area contributed by atoms with Gasteiger partial charge in [0.25, 0.3) is 5.69 Å². The molecule has 2 N–H and O–H groups in total. The van der Waals surface area contributed by atoms with Gasteiger partial charge in [0.05, 0.1) is 10.5 Å². The van der Waals surface area contributed by atoms with Crippen LogP contribution in [0, 0.1) is 22.0 Å². The Bertz CT molecular complexity index is 552. The lowest BCUT2D eigenvalue weighted by atomic mass is 10.1. The molecule has 2 saturated carbocycles. The quantitative estimate of drug-likeness (QED) is 0.615. The number of anilines is 1. The Kier molecular flexibility index (Phi) is 3.08. The zero-order valence-electron chi connectivity index (χ0n) is 10.9. The SMILES string of the molecule is O=C(O)c1ccc([N+](=O)[O-])c(NC(C2CC2)C2CC2)c1. The van der Waals surface area contributed by atoms with Gasteiger partial charge in [-0.15, -0.1) is 0 Å². The molecule has 0 spiro atoms. The van der Waals surface area contributed by atoms with Crippen molar-refractivity contribution < 1.29 is 14.8 Å². The molecule has 0 amide bonds. The number of nitro groups is 1. The van der Waals surface area contributed by atoms with Crippen molar-refractivity contribution in [3.8, 4) is 0 Å². The zero-order chi connectivity index (χ0) is 14.3. The number of hydrogen-bond donors (Lipinski definition) is 2. The normalized spacial score (nSPS) is 18.1. The first-order valence-electron chi connectivity index (χ1n) is 6.84. The van der Waals surface area contributed by atoms with Crippen molar-refractivity contribution in [1.29, 1.82) is 0 Å². The van der Waals surface area contributed by atoms with Gasteiger partial charge in [0.1, 0.15) is 5.69 Å². The molecule has 0 radical (unpaired) electrons. The Morgan fingerprint density at radius 3 is 2.35 bits per heavy atom. The summed E-state index contributed by atoms with van der Waals surface area (Å²) in [7, 11) is 0. The molecule has 0 unspecified atom stereocenters. The van der Waals surface area contributed by atoms with Crippen LogP contribution < -0.4 is 5.32 Å². The third kappa shape index (κ3) is 2.59. The van der Waals surface area contributed by atoms with Crippen molar-refractivity contribution in [3.63, 3.8) is 0 Å². The predicted octanol–water partition coefficient (Wildman–Crippen LogP) is 2.89. The van der Waals surface area contributed by atoms with Crippen LogP contribution in [0.25, 0.3) is 0 Å². The molecular weight excluding hydrogens is 260 g/mol. The summed E-state index contributed by atoms with van der Waals surface area (Å²) in [4.78, 5) is 21.6. The van der Waals surface area contributed by atoms with Crippen LogP contribution in [0.5, 0.6) is 0 Å². The Hall–Kier alpha value is -2.11. The summed E-state index contributed by atoms with van der Waals surface area (Å²) in [5.41, 5.74) is 0.350. The molecule has 0 saturated heterocycles. The van der Waals surface area contributed by atoms with E-state index < -0.39 is 10.9 Å². The number of carboxylic acid groups (broad SMARTS) is 1. The van der Waals surface area contributed by atoms with E-state index >= 15 is 0 Å². The van der Waals surface area contributed by atoms with E-state index in [2.05, 4.69) is 5.32 Å². The molecule has 0 bridgehead atoms. The number of benzene rings is 1. The number of nitro benzene ring substituents is 1. The maximum absolute atomic E-state index is 11.1. The fraction of sp³-hybridized carbons (Fsp3) is 0.500. The van der Waals surface area contributed by atoms with Crippen LogP contribution in [0.4, 0.5) is 11.4 Å². The summed E-state index contributed by atoms with van der Waals surface area (Å²) in [6.07, 6.45) is 4.61. The van der Waals surface area contributed by atoms with Crippen molar-refractivity contribution in [2.75, 3.05) is 5.32 Å². The van der Waals surface area contributed by atoms with E-state index in [1.165, 1.54) is 18.2 Å². The van der Waals surface area contributed by atoms with Crippen molar-refractivity contribution in [2.45, 2.75) is 31.7 Å². The fourth-order valence-corrected chi connectivity index (χ4v) is 2.65. The van der Waals surface area contributed by atoms with E-state index in [9.17, 15) is 14.9 Å². The molecule has 106 valence electrons. The second-order valence-electron chi connectivity index (χ2n) is 5.64. The molecule has 3 rings (SSSR count). The summed E-state index contributed by atoms with van der Waals surface area (Å²) in [5, 5.41) is 23.3. The van der Waals surface area contributed by atoms with Crippen LogP contribution >= 0.6 is 0 Å². The van der Waals surface area contributed by atoms with Crippen LogP contribution in [0.3, 0.4) is 0 Å². The third-order valence-corrected chi connectivity index (χ3v) is 4.02. The summed E-state index contributed by atoms with van der Waals surface area (Å²) in [6, 6.07) is 4.16. The number of rotatable bonds is 6. The highest BCUT2D eigenvalue weighted by Gasteiger charge is 2.42. The van der Waals surface area contributed by atoms with Crippen molar-refractivity contribution in [3.05, 3.63) is 33.9 Å². The zero-order valence-corrected chi connectivity index (χ0v) is 10.9. The molecule has 1 aromatic carbocycles. The second-order valence-corrected chi connectivity index (χ2v) is 5.64. The van der Waals surface area contributed by atoms with Crippen molar-refractivity contribution >= 4 is 17.3 Å². The smallest absolute Gasteiger partial charge is 0.335 e. The van der Waals surface area contributed by atoms with Gasteiger partial charge in [0.15, 0.2) is 0 Å². The van der Waals surface area contributed by atoms with Gasteiger partial charge in [0, 0.05) is 12.1 Å². The summed E-state index contributed by atoms with van der Waals surface area (Å²) >= 11 is 0. The van der Waals surface area contributed by atoms with Crippen LogP contribution in [-0.2, 0) is 0 Å². The standard InChI is InChI=1S/C14H16N2O4/c17-14(18)10-5-6-12(16(19)20)11(7-10)15-13(8-1-2-8)9-3-4-9/h5-9,13,15H,1-4H2,(H,17,18). The number of carboxylic acids is 1. The predicted molar refractivity (Wildman–Crippen MR) is 72.9 cm³/mol. The lowest BCUT2D eigenvalue weighted by Gasteiger charge is -2.19. The van der Waals surface area contributed by atoms with Gasteiger partial charge >= 0.3 is 5.97 Å². The number of hydrogen-bond acceptors (Lipinski definition) is 4. The summed E-state index contributed by atoms with van der Waals surface area (Å²) < 4.78 is 0. The lowest BCUT2D eigenvalue weighted by molar-refractivity contribution is -0.384. The Morgan fingerprint density at radius 2 is 1.90 bits per heavy atom.